The van der Waals surface area contributed by atoms with Crippen LogP contribution in [0.15, 0.2) is 18.0 Å². The van der Waals surface area contributed by atoms with Gasteiger partial charge in [0.05, 0.1) is 13.7 Å². The zero-order valence-electron chi connectivity index (χ0n) is 4.77. The van der Waals surface area contributed by atoms with E-state index in [1.807, 2.05) is 6.08 Å². The average molecular weight is 110 g/mol. The van der Waals surface area contributed by atoms with Crippen LogP contribution in [0.3, 0.4) is 0 Å². The van der Waals surface area contributed by atoms with Crippen LogP contribution in [0.2, 0.25) is 0 Å². The van der Waals surface area contributed by atoms with Gasteiger partial charge in [-0.1, -0.05) is 0 Å². The lowest BCUT2D eigenvalue weighted by molar-refractivity contribution is 0.281. The minimum absolute atomic E-state index is 0.781. The van der Waals surface area contributed by atoms with E-state index < -0.39 is 0 Å². The molecule has 2 heteroatoms. The van der Waals surface area contributed by atoms with Crippen LogP contribution in [0.5, 0.6) is 0 Å². The van der Waals surface area contributed by atoms with E-state index in [0.717, 1.165) is 12.3 Å². The Morgan fingerprint density at radius 1 is 1.88 bits per heavy atom. The Morgan fingerprint density at radius 3 is 3.12 bits per heavy atom. The predicted molar refractivity (Wildman–Crippen MR) is 30.9 cm³/mol. The minimum Gasteiger partial charge on any atom is -0.499 e. The van der Waals surface area contributed by atoms with Gasteiger partial charge in [0, 0.05) is 12.3 Å². The van der Waals surface area contributed by atoms with E-state index in [4.69, 9.17) is 4.74 Å². The van der Waals surface area contributed by atoms with Gasteiger partial charge in [0.2, 0.25) is 0 Å². The van der Waals surface area contributed by atoms with Crippen LogP contribution in [0.1, 0.15) is 0 Å². The molecule has 1 heterocycles. The number of nitrogens with one attached hydrogen (secondary N) is 1. The molecule has 0 aromatic rings. The lowest BCUT2D eigenvalue weighted by atomic mass is 10.4. The number of rotatable bonds is 1. The van der Waals surface area contributed by atoms with Gasteiger partial charge in [-0.3, -0.25) is 0 Å². The van der Waals surface area contributed by atoms with Gasteiger partial charge >= 0.3 is 0 Å². The Hall–Kier alpha value is -0.920. The van der Waals surface area contributed by atoms with E-state index in [1.54, 1.807) is 13.3 Å². The van der Waals surface area contributed by atoms with Gasteiger partial charge in [-0.25, -0.2) is 0 Å². The van der Waals surface area contributed by atoms with Gasteiger partial charge in [0.1, 0.15) is 5.76 Å². The van der Waals surface area contributed by atoms with Gasteiger partial charge in [-0.2, -0.15) is 0 Å². The van der Waals surface area contributed by atoms with Gasteiger partial charge in [0.25, 0.3) is 0 Å². The number of allylic oxidation sites excluding steroid dienone is 2. The molecular formula is C6H8NO. The van der Waals surface area contributed by atoms with Crippen LogP contribution in [-0.2, 0) is 4.74 Å². The molecular weight excluding hydrogens is 102 g/mol. The Kier molecular flexibility index (Phi) is 1.57. The first-order chi connectivity index (χ1) is 3.93. The summed E-state index contributed by atoms with van der Waals surface area (Å²) in [5.74, 6) is 0.924. The van der Waals surface area contributed by atoms with Crippen molar-refractivity contribution in [3.05, 3.63) is 24.1 Å². The molecule has 0 aromatic heterocycles. The van der Waals surface area contributed by atoms with Crippen molar-refractivity contribution in [1.82, 2.24) is 5.32 Å². The SMILES string of the molecule is COC1=C[C]=CNC1. The lowest BCUT2D eigenvalue weighted by Crippen LogP contribution is -2.13. The molecule has 0 fully saturated rings. The fraction of sp³-hybridized carbons (Fsp3) is 0.333. The van der Waals surface area contributed by atoms with E-state index in [2.05, 4.69) is 11.4 Å². The molecule has 0 saturated heterocycles. The number of hydrogen-bond donors (Lipinski definition) is 1. The average Bonchev–Trinajstić information content (AvgIpc) is 1.90. The van der Waals surface area contributed by atoms with Crippen molar-refractivity contribution < 1.29 is 4.74 Å². The summed E-state index contributed by atoms with van der Waals surface area (Å²) in [6, 6.07) is 0. The second-order valence-electron chi connectivity index (χ2n) is 1.51. The summed E-state index contributed by atoms with van der Waals surface area (Å²) in [6.45, 7) is 0.781. The Morgan fingerprint density at radius 2 is 2.75 bits per heavy atom. The molecule has 1 aliphatic rings. The highest BCUT2D eigenvalue weighted by Gasteiger charge is 1.93. The van der Waals surface area contributed by atoms with E-state index in [1.165, 1.54) is 0 Å². The summed E-state index contributed by atoms with van der Waals surface area (Å²) in [5.41, 5.74) is 0. The standard InChI is InChI=1S/C6H8NO/c1-8-6-3-2-4-7-5-6/h3-4,7H,5H2,1H3. The van der Waals surface area contributed by atoms with Crippen LogP contribution in [0, 0.1) is 6.08 Å². The Bertz CT molecular complexity index is 126. The van der Waals surface area contributed by atoms with Gasteiger partial charge < -0.3 is 10.1 Å². The number of ether oxygens (including phenoxy) is 1. The highest BCUT2D eigenvalue weighted by atomic mass is 16.5. The van der Waals surface area contributed by atoms with Crippen LogP contribution in [-0.4, -0.2) is 13.7 Å². The first-order valence-electron chi connectivity index (χ1n) is 2.47. The fourth-order valence-electron chi connectivity index (χ4n) is 0.527. The molecule has 0 aliphatic carbocycles. The van der Waals surface area contributed by atoms with Crippen molar-refractivity contribution in [2.75, 3.05) is 13.7 Å². The third-order valence-electron chi connectivity index (χ3n) is 0.968. The molecule has 2 nitrogen and oxygen atoms in total. The van der Waals surface area contributed by atoms with E-state index in [-0.39, 0.29) is 0 Å². The van der Waals surface area contributed by atoms with Crippen LogP contribution in [0.25, 0.3) is 0 Å². The molecule has 0 atom stereocenters. The zero-order valence-corrected chi connectivity index (χ0v) is 4.77. The first kappa shape index (κ1) is 5.22. The minimum atomic E-state index is 0.781. The topological polar surface area (TPSA) is 21.3 Å². The summed E-state index contributed by atoms with van der Waals surface area (Å²) in [6.07, 6.45) is 6.44. The second kappa shape index (κ2) is 2.40. The third-order valence-corrected chi connectivity index (χ3v) is 0.968. The van der Waals surface area contributed by atoms with Crippen LogP contribution < -0.4 is 5.32 Å². The Balaban J connectivity index is 2.50. The highest BCUT2D eigenvalue weighted by Crippen LogP contribution is 1.95. The summed E-state index contributed by atoms with van der Waals surface area (Å²) in [4.78, 5) is 0. The number of methoxy groups -OCH3 is 1. The zero-order chi connectivity index (χ0) is 5.82. The predicted octanol–water partition coefficient (Wildman–Crippen LogP) is 0.437. The lowest BCUT2D eigenvalue weighted by Gasteiger charge is -2.07. The molecule has 1 rings (SSSR count). The van der Waals surface area contributed by atoms with E-state index in [0.29, 0.717) is 0 Å². The molecule has 0 amide bonds. The van der Waals surface area contributed by atoms with E-state index >= 15 is 0 Å². The van der Waals surface area contributed by atoms with Gasteiger partial charge in [0.15, 0.2) is 0 Å². The first-order valence-corrected chi connectivity index (χ1v) is 2.47. The largest absolute Gasteiger partial charge is 0.499 e. The normalized spacial score (nSPS) is 16.9. The van der Waals surface area contributed by atoms with Crippen molar-refractivity contribution in [3.63, 3.8) is 0 Å². The maximum absolute atomic E-state index is 4.91. The summed E-state index contributed by atoms with van der Waals surface area (Å²) in [7, 11) is 1.65. The fourth-order valence-corrected chi connectivity index (χ4v) is 0.527. The monoisotopic (exact) mass is 110 g/mol. The molecule has 0 aromatic carbocycles. The molecule has 8 heavy (non-hydrogen) atoms. The van der Waals surface area contributed by atoms with Crippen molar-refractivity contribution in [3.8, 4) is 0 Å². The number of dihydropyridines is 1. The molecule has 0 bridgehead atoms. The molecule has 0 saturated carbocycles. The molecule has 0 spiro atoms. The molecule has 1 N–H and O–H groups in total. The summed E-state index contributed by atoms with van der Waals surface area (Å²) in [5, 5.41) is 2.96. The quantitative estimate of drug-likeness (QED) is 0.528. The molecule has 1 radical (unpaired) electrons. The van der Waals surface area contributed by atoms with Crippen molar-refractivity contribution >= 4 is 0 Å². The highest BCUT2D eigenvalue weighted by molar-refractivity contribution is 5.07. The van der Waals surface area contributed by atoms with Crippen LogP contribution in [0.4, 0.5) is 0 Å². The Labute approximate surface area is 48.8 Å². The second-order valence-corrected chi connectivity index (χ2v) is 1.51. The smallest absolute Gasteiger partial charge is 0.115 e. The maximum Gasteiger partial charge on any atom is 0.115 e. The third kappa shape index (κ3) is 1.03. The molecule has 0 unspecified atom stereocenters. The molecule has 1 aliphatic heterocycles. The maximum atomic E-state index is 4.91. The van der Waals surface area contributed by atoms with Crippen LogP contribution >= 0.6 is 0 Å². The van der Waals surface area contributed by atoms with Gasteiger partial charge in [-0.15, -0.1) is 0 Å². The number of hydrogen-bond acceptors (Lipinski definition) is 2. The van der Waals surface area contributed by atoms with Gasteiger partial charge in [-0.05, 0) is 6.08 Å². The van der Waals surface area contributed by atoms with E-state index in [9.17, 15) is 0 Å². The summed E-state index contributed by atoms with van der Waals surface area (Å²) >= 11 is 0. The summed E-state index contributed by atoms with van der Waals surface area (Å²) < 4.78 is 4.91. The van der Waals surface area contributed by atoms with Crippen molar-refractivity contribution in [2.45, 2.75) is 0 Å². The molecule has 43 valence electrons. The van der Waals surface area contributed by atoms with Crippen molar-refractivity contribution in [2.24, 2.45) is 0 Å². The van der Waals surface area contributed by atoms with Crippen molar-refractivity contribution in [1.29, 1.82) is 0 Å².